The monoisotopic (exact) mass is 439 g/mol. The zero-order chi connectivity index (χ0) is 22.1. The first-order valence-electron chi connectivity index (χ1n) is 10.6. The lowest BCUT2D eigenvalue weighted by Gasteiger charge is -2.27. The van der Waals surface area contributed by atoms with E-state index < -0.39 is 6.10 Å². The van der Waals surface area contributed by atoms with Gasteiger partial charge in [-0.2, -0.15) is 0 Å². The molecule has 1 aromatic heterocycles. The Bertz CT molecular complexity index is 900. The van der Waals surface area contributed by atoms with E-state index in [-0.39, 0.29) is 6.61 Å². The summed E-state index contributed by atoms with van der Waals surface area (Å²) in [5.74, 6) is 1.50. The minimum Gasteiger partial charge on any atom is -0.491 e. The average molecular weight is 440 g/mol. The van der Waals surface area contributed by atoms with Crippen LogP contribution in [0, 0.1) is 0 Å². The molecule has 2 aromatic carbocycles. The summed E-state index contributed by atoms with van der Waals surface area (Å²) in [6.45, 7) is 7.52. The normalized spacial score (nSPS) is 11.7. The molecule has 0 spiro atoms. The molecular formula is C25H30ClN3O2. The highest BCUT2D eigenvalue weighted by Crippen LogP contribution is 2.20. The third kappa shape index (κ3) is 6.88. The first-order valence-corrected chi connectivity index (χ1v) is 11.0. The second-order valence-electron chi connectivity index (χ2n) is 7.33. The van der Waals surface area contributed by atoms with Crippen molar-refractivity contribution in [3.05, 3.63) is 83.5 Å². The van der Waals surface area contributed by atoms with Crippen molar-refractivity contribution in [2.45, 2.75) is 26.5 Å². The molecule has 0 aliphatic rings. The molecule has 164 valence electrons. The van der Waals surface area contributed by atoms with Gasteiger partial charge < -0.3 is 19.6 Å². The number of rotatable bonds is 11. The lowest BCUT2D eigenvalue weighted by Crippen LogP contribution is -2.35. The molecule has 0 amide bonds. The molecule has 1 atom stereocenters. The molecule has 0 aliphatic heterocycles. The molecule has 1 heterocycles. The molecule has 0 radical (unpaired) electrons. The standard InChI is InChI=1S/C25H30ClN3O2/c1-3-28(4-2)22-12-8-20(9-13-22)17-29(25-7-5-6-16-27-25)18-23(30)19-31-24-14-10-21(26)11-15-24/h5-16,23,30H,3-4,17-19H2,1-2H3. The summed E-state index contributed by atoms with van der Waals surface area (Å²) >= 11 is 5.91. The third-order valence-electron chi connectivity index (χ3n) is 5.10. The highest BCUT2D eigenvalue weighted by atomic mass is 35.5. The molecule has 0 fully saturated rings. The summed E-state index contributed by atoms with van der Waals surface area (Å²) in [6.07, 6.45) is 1.09. The highest BCUT2D eigenvalue weighted by molar-refractivity contribution is 6.30. The minimum absolute atomic E-state index is 0.186. The maximum Gasteiger partial charge on any atom is 0.128 e. The van der Waals surface area contributed by atoms with Crippen LogP contribution in [0.25, 0.3) is 0 Å². The van der Waals surface area contributed by atoms with E-state index in [4.69, 9.17) is 16.3 Å². The molecule has 6 heteroatoms. The number of aliphatic hydroxyl groups is 1. The Morgan fingerprint density at radius 3 is 2.26 bits per heavy atom. The van der Waals surface area contributed by atoms with E-state index in [1.807, 2.05) is 18.2 Å². The van der Waals surface area contributed by atoms with Crippen LogP contribution in [0.15, 0.2) is 72.9 Å². The summed E-state index contributed by atoms with van der Waals surface area (Å²) in [7, 11) is 0. The van der Waals surface area contributed by atoms with E-state index in [0.717, 1.165) is 24.5 Å². The van der Waals surface area contributed by atoms with Gasteiger partial charge in [0.05, 0.1) is 0 Å². The van der Waals surface area contributed by atoms with E-state index in [1.54, 1.807) is 30.5 Å². The Morgan fingerprint density at radius 1 is 0.935 bits per heavy atom. The quantitative estimate of drug-likeness (QED) is 0.454. The summed E-state index contributed by atoms with van der Waals surface area (Å²) in [5, 5.41) is 11.3. The van der Waals surface area contributed by atoms with Crippen LogP contribution in [0.4, 0.5) is 11.5 Å². The van der Waals surface area contributed by atoms with Gasteiger partial charge in [-0.15, -0.1) is 0 Å². The predicted octanol–water partition coefficient (Wildman–Crippen LogP) is 5.03. The van der Waals surface area contributed by atoms with Crippen molar-refractivity contribution in [1.82, 2.24) is 4.98 Å². The van der Waals surface area contributed by atoms with E-state index in [1.165, 1.54) is 5.69 Å². The molecule has 3 rings (SSSR count). The SMILES string of the molecule is CCN(CC)c1ccc(CN(CC(O)COc2ccc(Cl)cc2)c2ccccn2)cc1. The second kappa shape index (κ2) is 11.6. The summed E-state index contributed by atoms with van der Waals surface area (Å²) < 4.78 is 5.72. The largest absolute Gasteiger partial charge is 0.491 e. The van der Waals surface area contributed by atoms with Gasteiger partial charge in [0.1, 0.15) is 24.3 Å². The fourth-order valence-corrected chi connectivity index (χ4v) is 3.56. The van der Waals surface area contributed by atoms with Crippen molar-refractivity contribution in [2.75, 3.05) is 36.0 Å². The maximum absolute atomic E-state index is 10.6. The minimum atomic E-state index is -0.673. The van der Waals surface area contributed by atoms with Gasteiger partial charge >= 0.3 is 0 Å². The first kappa shape index (κ1) is 22.9. The zero-order valence-corrected chi connectivity index (χ0v) is 18.9. The van der Waals surface area contributed by atoms with Gasteiger partial charge in [-0.25, -0.2) is 4.98 Å². The van der Waals surface area contributed by atoms with Crippen molar-refractivity contribution in [3.63, 3.8) is 0 Å². The number of benzene rings is 2. The Balaban J connectivity index is 1.66. The van der Waals surface area contributed by atoms with Gasteiger partial charge in [-0.3, -0.25) is 0 Å². The van der Waals surface area contributed by atoms with Crippen molar-refractivity contribution in [2.24, 2.45) is 0 Å². The molecule has 0 aliphatic carbocycles. The van der Waals surface area contributed by atoms with Gasteiger partial charge in [0, 0.05) is 43.1 Å². The summed E-state index contributed by atoms with van der Waals surface area (Å²) in [6, 6.07) is 21.5. The number of aromatic nitrogens is 1. The number of halogens is 1. The molecule has 5 nitrogen and oxygen atoms in total. The third-order valence-corrected chi connectivity index (χ3v) is 5.35. The van der Waals surface area contributed by atoms with Crippen LogP contribution in [0.5, 0.6) is 5.75 Å². The van der Waals surface area contributed by atoms with E-state index in [2.05, 4.69) is 52.9 Å². The van der Waals surface area contributed by atoms with Crippen molar-refractivity contribution >= 4 is 23.1 Å². The van der Waals surface area contributed by atoms with Gasteiger partial charge in [-0.1, -0.05) is 29.8 Å². The molecular weight excluding hydrogens is 410 g/mol. The number of ether oxygens (including phenoxy) is 1. The van der Waals surface area contributed by atoms with Gasteiger partial charge in [0.25, 0.3) is 0 Å². The fraction of sp³-hybridized carbons (Fsp3) is 0.320. The van der Waals surface area contributed by atoms with Gasteiger partial charge in [-0.05, 0) is 67.9 Å². The van der Waals surface area contributed by atoms with Crippen LogP contribution in [0.3, 0.4) is 0 Å². The first-order chi connectivity index (χ1) is 15.1. The number of hydrogen-bond donors (Lipinski definition) is 1. The van der Waals surface area contributed by atoms with Crippen LogP contribution in [0.2, 0.25) is 5.02 Å². The van der Waals surface area contributed by atoms with Crippen LogP contribution in [-0.2, 0) is 6.54 Å². The number of anilines is 2. The Kier molecular flexibility index (Phi) is 8.56. The molecule has 1 N–H and O–H groups in total. The van der Waals surface area contributed by atoms with Crippen molar-refractivity contribution in [3.8, 4) is 5.75 Å². The van der Waals surface area contributed by atoms with Gasteiger partial charge in [0.2, 0.25) is 0 Å². The zero-order valence-electron chi connectivity index (χ0n) is 18.1. The van der Waals surface area contributed by atoms with Crippen molar-refractivity contribution < 1.29 is 9.84 Å². The number of nitrogens with zero attached hydrogens (tertiary/aromatic N) is 3. The van der Waals surface area contributed by atoms with Crippen LogP contribution in [0.1, 0.15) is 19.4 Å². The number of pyridine rings is 1. The van der Waals surface area contributed by atoms with Crippen LogP contribution >= 0.6 is 11.6 Å². The lowest BCUT2D eigenvalue weighted by molar-refractivity contribution is 0.112. The summed E-state index contributed by atoms with van der Waals surface area (Å²) in [4.78, 5) is 8.87. The molecule has 0 saturated carbocycles. The predicted molar refractivity (Wildman–Crippen MR) is 128 cm³/mol. The van der Waals surface area contributed by atoms with Crippen LogP contribution < -0.4 is 14.5 Å². The molecule has 3 aromatic rings. The molecule has 0 bridgehead atoms. The van der Waals surface area contributed by atoms with E-state index >= 15 is 0 Å². The topological polar surface area (TPSA) is 48.8 Å². The smallest absolute Gasteiger partial charge is 0.128 e. The summed E-state index contributed by atoms with van der Waals surface area (Å²) in [5.41, 5.74) is 2.38. The van der Waals surface area contributed by atoms with Crippen LogP contribution in [-0.4, -0.2) is 42.4 Å². The molecule has 0 saturated heterocycles. The Labute approximate surface area is 189 Å². The Hall–Kier alpha value is -2.76. The van der Waals surface area contributed by atoms with Gasteiger partial charge in [0.15, 0.2) is 0 Å². The van der Waals surface area contributed by atoms with E-state index in [9.17, 15) is 5.11 Å². The highest BCUT2D eigenvalue weighted by Gasteiger charge is 2.15. The molecule has 1 unspecified atom stereocenters. The van der Waals surface area contributed by atoms with Crippen molar-refractivity contribution in [1.29, 1.82) is 0 Å². The maximum atomic E-state index is 10.6. The Morgan fingerprint density at radius 2 is 1.65 bits per heavy atom. The van der Waals surface area contributed by atoms with E-state index in [0.29, 0.717) is 23.9 Å². The average Bonchev–Trinajstić information content (AvgIpc) is 2.81. The fourth-order valence-electron chi connectivity index (χ4n) is 3.43. The number of hydrogen-bond acceptors (Lipinski definition) is 5. The molecule has 31 heavy (non-hydrogen) atoms. The second-order valence-corrected chi connectivity index (χ2v) is 7.76. The lowest BCUT2D eigenvalue weighted by atomic mass is 10.1. The number of aliphatic hydroxyl groups excluding tert-OH is 1.